The third kappa shape index (κ3) is 5.04. The minimum atomic E-state index is -0.233. The van der Waals surface area contributed by atoms with Gasteiger partial charge < -0.3 is 19.5 Å². The lowest BCUT2D eigenvalue weighted by atomic mass is 10.1. The summed E-state index contributed by atoms with van der Waals surface area (Å²) in [5.74, 6) is 1.58. The number of amides is 1. The van der Waals surface area contributed by atoms with E-state index in [4.69, 9.17) is 14.2 Å². The molecule has 3 aromatic carbocycles. The minimum absolute atomic E-state index is 0.233. The van der Waals surface area contributed by atoms with Crippen molar-refractivity contribution in [3.05, 3.63) is 83.9 Å². The van der Waals surface area contributed by atoms with E-state index in [0.29, 0.717) is 41.7 Å². The van der Waals surface area contributed by atoms with Gasteiger partial charge in [0.1, 0.15) is 12.4 Å². The highest BCUT2D eigenvalue weighted by atomic mass is 16.5. The highest BCUT2D eigenvalue weighted by Crippen LogP contribution is 2.30. The number of anilines is 1. The van der Waals surface area contributed by atoms with Crippen molar-refractivity contribution >= 4 is 11.6 Å². The molecule has 0 unspecified atom stereocenters. The van der Waals surface area contributed by atoms with E-state index in [9.17, 15) is 4.79 Å². The molecule has 5 nitrogen and oxygen atoms in total. The molecule has 0 saturated heterocycles. The molecule has 144 valence electrons. The van der Waals surface area contributed by atoms with Crippen LogP contribution in [0.3, 0.4) is 0 Å². The molecule has 0 aliphatic rings. The second-order valence-corrected chi connectivity index (χ2v) is 6.05. The molecule has 3 aromatic rings. The molecule has 0 saturated carbocycles. The number of carbonyl (C=O) groups excluding carboxylic acids is 1. The van der Waals surface area contributed by atoms with Crippen LogP contribution in [0.4, 0.5) is 5.69 Å². The van der Waals surface area contributed by atoms with Gasteiger partial charge in [-0.3, -0.25) is 4.79 Å². The Morgan fingerprint density at radius 1 is 0.893 bits per heavy atom. The van der Waals surface area contributed by atoms with Gasteiger partial charge in [0.15, 0.2) is 11.5 Å². The number of hydrogen-bond acceptors (Lipinski definition) is 4. The Kier molecular flexibility index (Phi) is 6.52. The van der Waals surface area contributed by atoms with Crippen molar-refractivity contribution in [3.63, 3.8) is 0 Å². The Balaban J connectivity index is 1.74. The summed E-state index contributed by atoms with van der Waals surface area (Å²) >= 11 is 0. The summed E-state index contributed by atoms with van der Waals surface area (Å²) in [6.45, 7) is 2.79. The van der Waals surface area contributed by atoms with Crippen molar-refractivity contribution in [2.24, 2.45) is 0 Å². The first-order valence-corrected chi connectivity index (χ1v) is 9.08. The molecule has 28 heavy (non-hydrogen) atoms. The predicted octanol–water partition coefficient (Wildman–Crippen LogP) is 4.93. The summed E-state index contributed by atoms with van der Waals surface area (Å²) in [5.41, 5.74) is 2.20. The van der Waals surface area contributed by atoms with Gasteiger partial charge in [-0.05, 0) is 42.8 Å². The summed E-state index contributed by atoms with van der Waals surface area (Å²) in [4.78, 5) is 12.6. The first-order valence-electron chi connectivity index (χ1n) is 9.08. The van der Waals surface area contributed by atoms with Crippen LogP contribution in [0.2, 0.25) is 0 Å². The third-order valence-electron chi connectivity index (χ3n) is 4.07. The Morgan fingerprint density at radius 3 is 2.46 bits per heavy atom. The highest BCUT2D eigenvalue weighted by Gasteiger charge is 2.12. The lowest BCUT2D eigenvalue weighted by Gasteiger charge is -2.14. The molecular formula is C23H23NO4. The van der Waals surface area contributed by atoms with Gasteiger partial charge in [0.25, 0.3) is 5.91 Å². The van der Waals surface area contributed by atoms with E-state index in [2.05, 4.69) is 5.32 Å². The molecule has 0 bridgehead atoms. The second-order valence-electron chi connectivity index (χ2n) is 6.05. The molecule has 3 rings (SSSR count). The van der Waals surface area contributed by atoms with Crippen LogP contribution in [0, 0.1) is 0 Å². The van der Waals surface area contributed by atoms with Crippen LogP contribution >= 0.6 is 0 Å². The molecule has 0 heterocycles. The van der Waals surface area contributed by atoms with Gasteiger partial charge in [-0.2, -0.15) is 0 Å². The monoisotopic (exact) mass is 377 g/mol. The van der Waals surface area contributed by atoms with Crippen molar-refractivity contribution in [1.29, 1.82) is 0 Å². The maximum Gasteiger partial charge on any atom is 0.255 e. The van der Waals surface area contributed by atoms with E-state index in [1.807, 2.05) is 49.4 Å². The van der Waals surface area contributed by atoms with Crippen LogP contribution in [-0.2, 0) is 6.61 Å². The molecular weight excluding hydrogens is 354 g/mol. The SMILES string of the molecule is CCOc1cc(C(=O)Nc2cccc(OC)c2)ccc1OCc1ccccc1. The van der Waals surface area contributed by atoms with Crippen LogP contribution in [-0.4, -0.2) is 19.6 Å². The van der Waals surface area contributed by atoms with E-state index in [1.54, 1.807) is 37.4 Å². The fourth-order valence-corrected chi connectivity index (χ4v) is 2.68. The molecule has 0 aliphatic heterocycles. The van der Waals surface area contributed by atoms with Gasteiger partial charge in [0, 0.05) is 17.3 Å². The fourth-order valence-electron chi connectivity index (χ4n) is 2.68. The number of rotatable bonds is 8. The number of benzene rings is 3. The molecule has 1 amide bonds. The zero-order valence-corrected chi connectivity index (χ0v) is 16.0. The summed E-state index contributed by atoms with van der Waals surface area (Å²) in [6.07, 6.45) is 0. The van der Waals surface area contributed by atoms with Crippen LogP contribution < -0.4 is 19.5 Å². The first-order chi connectivity index (χ1) is 13.7. The van der Waals surface area contributed by atoms with Gasteiger partial charge in [0.05, 0.1) is 13.7 Å². The molecule has 0 spiro atoms. The van der Waals surface area contributed by atoms with Gasteiger partial charge in [-0.1, -0.05) is 36.4 Å². The normalized spacial score (nSPS) is 10.2. The molecule has 0 fully saturated rings. The second kappa shape index (κ2) is 9.46. The van der Waals surface area contributed by atoms with E-state index < -0.39 is 0 Å². The largest absolute Gasteiger partial charge is 0.497 e. The van der Waals surface area contributed by atoms with E-state index >= 15 is 0 Å². The number of ether oxygens (including phenoxy) is 3. The van der Waals surface area contributed by atoms with Gasteiger partial charge >= 0.3 is 0 Å². The van der Waals surface area contributed by atoms with E-state index in [0.717, 1.165) is 5.56 Å². The van der Waals surface area contributed by atoms with Gasteiger partial charge in [-0.25, -0.2) is 0 Å². The molecule has 0 aromatic heterocycles. The maximum absolute atomic E-state index is 12.6. The molecule has 1 N–H and O–H groups in total. The summed E-state index contributed by atoms with van der Waals surface area (Å²) < 4.78 is 16.7. The summed E-state index contributed by atoms with van der Waals surface area (Å²) in [6, 6.07) is 22.3. The molecule has 0 radical (unpaired) electrons. The standard InChI is InChI=1S/C23H23NO4/c1-3-27-22-14-18(23(25)24-19-10-7-11-20(15-19)26-2)12-13-21(22)28-16-17-8-5-4-6-9-17/h4-15H,3,16H2,1-2H3,(H,24,25). The summed E-state index contributed by atoms with van der Waals surface area (Å²) in [7, 11) is 1.59. The smallest absolute Gasteiger partial charge is 0.255 e. The van der Waals surface area contributed by atoms with Crippen molar-refractivity contribution in [2.45, 2.75) is 13.5 Å². The lowest BCUT2D eigenvalue weighted by molar-refractivity contribution is 0.102. The fraction of sp³-hybridized carbons (Fsp3) is 0.174. The Bertz CT molecular complexity index is 925. The van der Waals surface area contributed by atoms with Crippen molar-refractivity contribution < 1.29 is 19.0 Å². The lowest BCUT2D eigenvalue weighted by Crippen LogP contribution is -2.12. The van der Waals surface area contributed by atoms with E-state index in [-0.39, 0.29) is 5.91 Å². The molecule has 5 heteroatoms. The zero-order chi connectivity index (χ0) is 19.8. The van der Waals surface area contributed by atoms with Crippen molar-refractivity contribution in [2.75, 3.05) is 19.0 Å². The van der Waals surface area contributed by atoms with Crippen molar-refractivity contribution in [3.8, 4) is 17.2 Å². The highest BCUT2D eigenvalue weighted by molar-refractivity contribution is 6.04. The zero-order valence-electron chi connectivity index (χ0n) is 16.0. The average molecular weight is 377 g/mol. The molecule has 0 aliphatic carbocycles. The quantitative estimate of drug-likeness (QED) is 0.605. The average Bonchev–Trinajstić information content (AvgIpc) is 2.74. The minimum Gasteiger partial charge on any atom is -0.497 e. The topological polar surface area (TPSA) is 56.8 Å². The van der Waals surface area contributed by atoms with Crippen LogP contribution in [0.5, 0.6) is 17.2 Å². The van der Waals surface area contributed by atoms with Crippen LogP contribution in [0.25, 0.3) is 0 Å². The molecule has 0 atom stereocenters. The van der Waals surface area contributed by atoms with Gasteiger partial charge in [-0.15, -0.1) is 0 Å². The Labute approximate surface area is 164 Å². The number of methoxy groups -OCH3 is 1. The van der Waals surface area contributed by atoms with E-state index in [1.165, 1.54) is 0 Å². The van der Waals surface area contributed by atoms with Gasteiger partial charge in [0.2, 0.25) is 0 Å². The maximum atomic E-state index is 12.6. The predicted molar refractivity (Wildman–Crippen MR) is 109 cm³/mol. The first kappa shape index (κ1) is 19.3. The Hall–Kier alpha value is -3.47. The van der Waals surface area contributed by atoms with Crippen LogP contribution in [0.15, 0.2) is 72.8 Å². The number of nitrogens with one attached hydrogen (secondary N) is 1. The van der Waals surface area contributed by atoms with Crippen molar-refractivity contribution in [1.82, 2.24) is 0 Å². The number of hydrogen-bond donors (Lipinski definition) is 1. The summed E-state index contributed by atoms with van der Waals surface area (Å²) in [5, 5.41) is 2.86. The van der Waals surface area contributed by atoms with Crippen LogP contribution in [0.1, 0.15) is 22.8 Å². The third-order valence-corrected chi connectivity index (χ3v) is 4.07. The Morgan fingerprint density at radius 2 is 1.71 bits per heavy atom. The number of carbonyl (C=O) groups is 1.